The van der Waals surface area contributed by atoms with E-state index in [2.05, 4.69) is 16.2 Å². The van der Waals surface area contributed by atoms with Crippen LogP contribution in [0.15, 0.2) is 24.3 Å². The van der Waals surface area contributed by atoms with E-state index in [0.29, 0.717) is 17.9 Å². The van der Waals surface area contributed by atoms with Crippen LogP contribution in [0.1, 0.15) is 49.4 Å². The minimum absolute atomic E-state index is 0.162. The van der Waals surface area contributed by atoms with Crippen molar-refractivity contribution in [2.24, 2.45) is 0 Å². The summed E-state index contributed by atoms with van der Waals surface area (Å²) in [5.74, 6) is -0.469. The Labute approximate surface area is 152 Å². The normalized spacial score (nSPS) is 14.2. The van der Waals surface area contributed by atoms with Gasteiger partial charge in [-0.3, -0.25) is 10.2 Å². The summed E-state index contributed by atoms with van der Waals surface area (Å²) in [7, 11) is 0. The molecule has 8 nitrogen and oxygen atoms in total. The third kappa shape index (κ3) is 6.62. The molecule has 1 aromatic carbocycles. The SMILES string of the molecule is CCOC(=O)c1ccc(OCC(=O)NNC(=O)NC2CCCCC2)cc1. The maximum absolute atomic E-state index is 11.7. The van der Waals surface area contributed by atoms with E-state index in [9.17, 15) is 14.4 Å². The molecule has 0 bridgehead atoms. The molecular formula is C18H25N3O5. The van der Waals surface area contributed by atoms with Gasteiger partial charge in [-0.05, 0) is 44.0 Å². The molecule has 1 aliphatic rings. The highest BCUT2D eigenvalue weighted by molar-refractivity contribution is 5.89. The van der Waals surface area contributed by atoms with Gasteiger partial charge in [0.1, 0.15) is 5.75 Å². The van der Waals surface area contributed by atoms with Gasteiger partial charge >= 0.3 is 12.0 Å². The van der Waals surface area contributed by atoms with E-state index in [1.165, 1.54) is 6.42 Å². The van der Waals surface area contributed by atoms with Crippen LogP contribution in [0.5, 0.6) is 5.75 Å². The van der Waals surface area contributed by atoms with Gasteiger partial charge in [0.25, 0.3) is 5.91 Å². The summed E-state index contributed by atoms with van der Waals surface area (Å²) in [6.07, 6.45) is 5.35. The van der Waals surface area contributed by atoms with Crippen molar-refractivity contribution in [2.75, 3.05) is 13.2 Å². The fourth-order valence-corrected chi connectivity index (χ4v) is 2.68. The van der Waals surface area contributed by atoms with Crippen LogP contribution in [0.4, 0.5) is 4.79 Å². The Morgan fingerprint density at radius 3 is 2.38 bits per heavy atom. The molecule has 3 amide bonds. The van der Waals surface area contributed by atoms with E-state index in [1.807, 2.05) is 0 Å². The number of esters is 1. The first-order chi connectivity index (χ1) is 12.6. The molecule has 1 saturated carbocycles. The minimum Gasteiger partial charge on any atom is -0.484 e. The number of nitrogens with one attached hydrogen (secondary N) is 3. The molecule has 0 aromatic heterocycles. The van der Waals surface area contributed by atoms with Crippen molar-refractivity contribution in [3.63, 3.8) is 0 Å². The van der Waals surface area contributed by atoms with Crippen molar-refractivity contribution in [3.05, 3.63) is 29.8 Å². The topological polar surface area (TPSA) is 106 Å². The molecular weight excluding hydrogens is 338 g/mol. The molecule has 1 aliphatic carbocycles. The third-order valence-electron chi connectivity index (χ3n) is 3.99. The lowest BCUT2D eigenvalue weighted by molar-refractivity contribution is -0.123. The second-order valence-electron chi connectivity index (χ2n) is 6.02. The summed E-state index contributed by atoms with van der Waals surface area (Å²) in [5.41, 5.74) is 5.01. The molecule has 2 rings (SSSR count). The number of hydrazine groups is 1. The lowest BCUT2D eigenvalue weighted by Crippen LogP contribution is -2.51. The summed E-state index contributed by atoms with van der Waals surface area (Å²) in [6, 6.07) is 5.99. The highest BCUT2D eigenvalue weighted by Crippen LogP contribution is 2.17. The van der Waals surface area contributed by atoms with Crippen molar-refractivity contribution in [2.45, 2.75) is 45.1 Å². The van der Waals surface area contributed by atoms with Crippen LogP contribution in [-0.4, -0.2) is 37.2 Å². The molecule has 1 fully saturated rings. The highest BCUT2D eigenvalue weighted by atomic mass is 16.5. The van der Waals surface area contributed by atoms with E-state index in [0.717, 1.165) is 25.7 Å². The lowest BCUT2D eigenvalue weighted by atomic mass is 9.96. The van der Waals surface area contributed by atoms with Crippen LogP contribution >= 0.6 is 0 Å². The number of carbonyl (C=O) groups is 3. The summed E-state index contributed by atoms with van der Waals surface area (Å²) in [6.45, 7) is 1.78. The molecule has 0 saturated heterocycles. The predicted octanol–water partition coefficient (Wildman–Crippen LogP) is 1.91. The molecule has 0 aliphatic heterocycles. The van der Waals surface area contributed by atoms with Crippen molar-refractivity contribution < 1.29 is 23.9 Å². The van der Waals surface area contributed by atoms with Gasteiger partial charge < -0.3 is 14.8 Å². The van der Waals surface area contributed by atoms with Crippen molar-refractivity contribution in [3.8, 4) is 5.75 Å². The zero-order valence-corrected chi connectivity index (χ0v) is 14.9. The maximum atomic E-state index is 11.7. The Hall–Kier alpha value is -2.77. The fraction of sp³-hybridized carbons (Fsp3) is 0.500. The van der Waals surface area contributed by atoms with Gasteiger partial charge in [-0.1, -0.05) is 19.3 Å². The second-order valence-corrected chi connectivity index (χ2v) is 6.02. The van der Waals surface area contributed by atoms with Crippen LogP contribution in [0, 0.1) is 0 Å². The first-order valence-corrected chi connectivity index (χ1v) is 8.84. The van der Waals surface area contributed by atoms with Gasteiger partial charge in [-0.15, -0.1) is 0 Å². The molecule has 0 spiro atoms. The first kappa shape index (κ1) is 19.6. The van der Waals surface area contributed by atoms with Crippen LogP contribution in [0.3, 0.4) is 0 Å². The second kappa shape index (κ2) is 10.3. The molecule has 0 radical (unpaired) electrons. The zero-order chi connectivity index (χ0) is 18.8. The van der Waals surface area contributed by atoms with Gasteiger partial charge in [0.15, 0.2) is 6.61 Å². The van der Waals surface area contributed by atoms with Gasteiger partial charge in [-0.2, -0.15) is 0 Å². The first-order valence-electron chi connectivity index (χ1n) is 8.84. The van der Waals surface area contributed by atoms with Gasteiger partial charge in [0.2, 0.25) is 0 Å². The Morgan fingerprint density at radius 1 is 1.04 bits per heavy atom. The molecule has 3 N–H and O–H groups in total. The number of ether oxygens (including phenoxy) is 2. The van der Waals surface area contributed by atoms with Gasteiger partial charge in [0.05, 0.1) is 12.2 Å². The maximum Gasteiger partial charge on any atom is 0.338 e. The van der Waals surface area contributed by atoms with Crippen molar-refractivity contribution >= 4 is 17.9 Å². The molecule has 26 heavy (non-hydrogen) atoms. The van der Waals surface area contributed by atoms with Crippen LogP contribution in [0.25, 0.3) is 0 Å². The van der Waals surface area contributed by atoms with Gasteiger partial charge in [-0.25, -0.2) is 15.0 Å². The molecule has 8 heteroatoms. The third-order valence-corrected chi connectivity index (χ3v) is 3.99. The number of rotatable bonds is 6. The van der Waals surface area contributed by atoms with Crippen molar-refractivity contribution in [1.29, 1.82) is 0 Å². The summed E-state index contributed by atoms with van der Waals surface area (Å²) >= 11 is 0. The number of carbonyl (C=O) groups excluding carboxylic acids is 3. The monoisotopic (exact) mass is 363 g/mol. The number of benzene rings is 1. The quantitative estimate of drug-likeness (QED) is 0.529. The molecule has 0 atom stereocenters. The number of urea groups is 1. The van der Waals surface area contributed by atoms with Crippen molar-refractivity contribution in [1.82, 2.24) is 16.2 Å². The molecule has 1 aromatic rings. The summed E-state index contributed by atoms with van der Waals surface area (Å²) in [4.78, 5) is 35.0. The Bertz CT molecular complexity index is 612. The molecule has 142 valence electrons. The fourth-order valence-electron chi connectivity index (χ4n) is 2.68. The largest absolute Gasteiger partial charge is 0.484 e. The molecule has 0 unspecified atom stereocenters. The Morgan fingerprint density at radius 2 is 1.73 bits per heavy atom. The number of hydrogen-bond acceptors (Lipinski definition) is 5. The van der Waals surface area contributed by atoms with E-state index in [4.69, 9.17) is 9.47 Å². The predicted molar refractivity (Wildman–Crippen MR) is 94.6 cm³/mol. The smallest absolute Gasteiger partial charge is 0.338 e. The van der Waals surface area contributed by atoms with Gasteiger partial charge in [0, 0.05) is 6.04 Å². The lowest BCUT2D eigenvalue weighted by Gasteiger charge is -2.22. The number of amides is 3. The average Bonchev–Trinajstić information content (AvgIpc) is 2.66. The van der Waals surface area contributed by atoms with Crippen LogP contribution in [0.2, 0.25) is 0 Å². The molecule has 0 heterocycles. The zero-order valence-electron chi connectivity index (χ0n) is 14.9. The summed E-state index contributed by atoms with van der Waals surface area (Å²) < 4.78 is 10.2. The highest BCUT2D eigenvalue weighted by Gasteiger charge is 2.15. The standard InChI is InChI=1S/C18H25N3O5/c1-2-25-17(23)13-8-10-15(11-9-13)26-12-16(22)20-21-18(24)19-14-6-4-3-5-7-14/h8-11,14H,2-7,12H2,1H3,(H,20,22)(H2,19,21,24). The minimum atomic E-state index is -0.488. The van der Waals surface area contributed by atoms with E-state index >= 15 is 0 Å². The summed E-state index contributed by atoms with van der Waals surface area (Å²) in [5, 5.41) is 2.83. The van der Waals surface area contributed by atoms with E-state index in [-0.39, 0.29) is 12.6 Å². The van der Waals surface area contributed by atoms with Crippen LogP contribution in [-0.2, 0) is 9.53 Å². The Balaban J connectivity index is 1.66. The Kier molecular flexibility index (Phi) is 7.73. The van der Waals surface area contributed by atoms with Crippen LogP contribution < -0.4 is 20.9 Å². The van der Waals surface area contributed by atoms with E-state index in [1.54, 1.807) is 31.2 Å². The van der Waals surface area contributed by atoms with E-state index < -0.39 is 17.9 Å². The average molecular weight is 363 g/mol. The number of hydrogen-bond donors (Lipinski definition) is 3.